The second kappa shape index (κ2) is 6.24. The summed E-state index contributed by atoms with van der Waals surface area (Å²) in [6.07, 6.45) is -4.98. The quantitative estimate of drug-likeness (QED) is 0.620. The Morgan fingerprint density at radius 2 is 1.92 bits per heavy atom. The molecule has 0 saturated carbocycles. The zero-order valence-corrected chi connectivity index (χ0v) is 14.1. The van der Waals surface area contributed by atoms with Crippen molar-refractivity contribution in [3.8, 4) is 11.5 Å². The van der Waals surface area contributed by atoms with Gasteiger partial charge < -0.3 is 9.73 Å². The summed E-state index contributed by atoms with van der Waals surface area (Å²) >= 11 is 11.9. The van der Waals surface area contributed by atoms with E-state index in [1.807, 2.05) is 5.32 Å². The molecule has 0 spiro atoms. The van der Waals surface area contributed by atoms with Crippen LogP contribution in [-0.4, -0.2) is 17.1 Å². The minimum absolute atomic E-state index is 0.00575. The smallest absolute Gasteiger partial charge is 0.435 e. The molecule has 1 N–H and O–H groups in total. The number of halogens is 5. The SMILES string of the molecule is Cc1ccc(-c2nc3cc(Cl)cc(Cl)c3o2)cc1NC(=O)C(F)(F)F. The van der Waals surface area contributed by atoms with E-state index in [2.05, 4.69) is 4.98 Å². The van der Waals surface area contributed by atoms with Crippen LogP contribution >= 0.6 is 23.2 Å². The lowest BCUT2D eigenvalue weighted by Crippen LogP contribution is -2.30. The molecule has 1 heterocycles. The van der Waals surface area contributed by atoms with Gasteiger partial charge in [-0.15, -0.1) is 0 Å². The van der Waals surface area contributed by atoms with Gasteiger partial charge in [0.2, 0.25) is 5.89 Å². The third kappa shape index (κ3) is 3.57. The number of hydrogen-bond donors (Lipinski definition) is 1. The van der Waals surface area contributed by atoms with Gasteiger partial charge in [-0.25, -0.2) is 4.98 Å². The van der Waals surface area contributed by atoms with E-state index in [9.17, 15) is 18.0 Å². The highest BCUT2D eigenvalue weighted by Gasteiger charge is 2.38. The number of nitrogens with zero attached hydrogens (tertiary/aromatic N) is 1. The lowest BCUT2D eigenvalue weighted by atomic mass is 10.1. The summed E-state index contributed by atoms with van der Waals surface area (Å²) in [5, 5.41) is 2.47. The van der Waals surface area contributed by atoms with Crippen molar-refractivity contribution >= 4 is 45.9 Å². The Morgan fingerprint density at radius 1 is 1.20 bits per heavy atom. The molecule has 0 aliphatic heterocycles. The van der Waals surface area contributed by atoms with Crippen LogP contribution in [0.4, 0.5) is 18.9 Å². The van der Waals surface area contributed by atoms with E-state index in [1.165, 1.54) is 12.1 Å². The third-order valence-corrected chi connectivity index (χ3v) is 3.90. The molecule has 130 valence electrons. The molecule has 4 nitrogen and oxygen atoms in total. The van der Waals surface area contributed by atoms with Crippen molar-refractivity contribution < 1.29 is 22.4 Å². The Hall–Kier alpha value is -2.25. The van der Waals surface area contributed by atoms with Gasteiger partial charge in [-0.05, 0) is 36.8 Å². The fourth-order valence-corrected chi connectivity index (χ4v) is 2.69. The van der Waals surface area contributed by atoms with E-state index in [-0.39, 0.29) is 16.6 Å². The van der Waals surface area contributed by atoms with Crippen LogP contribution in [0.25, 0.3) is 22.6 Å². The van der Waals surface area contributed by atoms with Crippen LogP contribution in [0.3, 0.4) is 0 Å². The Kier molecular flexibility index (Phi) is 4.38. The third-order valence-electron chi connectivity index (χ3n) is 3.40. The largest absolute Gasteiger partial charge is 0.471 e. The lowest BCUT2D eigenvalue weighted by Gasteiger charge is -2.11. The van der Waals surface area contributed by atoms with Crippen LogP contribution in [0.5, 0.6) is 0 Å². The van der Waals surface area contributed by atoms with Gasteiger partial charge >= 0.3 is 12.1 Å². The predicted octanol–water partition coefficient (Wildman–Crippen LogP) is 5.61. The number of benzene rings is 2. The molecule has 0 atom stereocenters. The fraction of sp³-hybridized carbons (Fsp3) is 0.125. The molecule has 3 rings (SSSR count). The highest BCUT2D eigenvalue weighted by Crippen LogP contribution is 2.33. The highest BCUT2D eigenvalue weighted by molar-refractivity contribution is 6.38. The summed E-state index contributed by atoms with van der Waals surface area (Å²) in [5.74, 6) is -1.91. The second-order valence-electron chi connectivity index (χ2n) is 5.24. The van der Waals surface area contributed by atoms with Gasteiger partial charge in [0.15, 0.2) is 5.58 Å². The van der Waals surface area contributed by atoms with E-state index in [4.69, 9.17) is 27.6 Å². The minimum atomic E-state index is -4.98. The maximum absolute atomic E-state index is 12.4. The first-order chi connectivity index (χ1) is 11.6. The number of hydrogen-bond acceptors (Lipinski definition) is 3. The monoisotopic (exact) mass is 388 g/mol. The van der Waals surface area contributed by atoms with Gasteiger partial charge in [0.25, 0.3) is 0 Å². The summed E-state index contributed by atoms with van der Waals surface area (Å²) < 4.78 is 42.9. The van der Waals surface area contributed by atoms with Crippen molar-refractivity contribution in [2.45, 2.75) is 13.1 Å². The maximum Gasteiger partial charge on any atom is 0.471 e. The van der Waals surface area contributed by atoms with Gasteiger partial charge in [-0.1, -0.05) is 29.3 Å². The Balaban J connectivity index is 2.02. The number of fused-ring (bicyclic) bond motifs is 1. The number of anilines is 1. The van der Waals surface area contributed by atoms with Gasteiger partial charge in [0, 0.05) is 16.3 Å². The maximum atomic E-state index is 12.4. The number of alkyl halides is 3. The molecule has 1 aromatic heterocycles. The Bertz CT molecular complexity index is 983. The molecule has 0 radical (unpaired) electrons. The van der Waals surface area contributed by atoms with Crippen LogP contribution in [0, 0.1) is 6.92 Å². The molecular formula is C16H9Cl2F3N2O2. The van der Waals surface area contributed by atoms with Crippen LogP contribution in [-0.2, 0) is 4.79 Å². The molecule has 0 saturated heterocycles. The number of aryl methyl sites for hydroxylation is 1. The van der Waals surface area contributed by atoms with Crippen molar-refractivity contribution in [1.29, 1.82) is 0 Å². The number of carbonyl (C=O) groups is 1. The summed E-state index contributed by atoms with van der Waals surface area (Å²) in [4.78, 5) is 15.4. The zero-order valence-electron chi connectivity index (χ0n) is 12.5. The molecular weight excluding hydrogens is 380 g/mol. The lowest BCUT2D eigenvalue weighted by molar-refractivity contribution is -0.167. The topological polar surface area (TPSA) is 55.1 Å². The van der Waals surface area contributed by atoms with Crippen LogP contribution < -0.4 is 5.32 Å². The number of aromatic nitrogens is 1. The average Bonchev–Trinajstić information content (AvgIpc) is 2.92. The minimum Gasteiger partial charge on any atom is -0.435 e. The Morgan fingerprint density at radius 3 is 2.60 bits per heavy atom. The van der Waals surface area contributed by atoms with E-state index in [0.29, 0.717) is 27.2 Å². The number of oxazole rings is 1. The summed E-state index contributed by atoms with van der Waals surface area (Å²) in [7, 11) is 0. The first-order valence-corrected chi connectivity index (χ1v) is 7.65. The standard InChI is InChI=1S/C16H9Cl2F3N2O2/c1-7-2-3-8(4-11(7)23-15(24)16(19,20)21)14-22-12-6-9(17)5-10(18)13(12)25-14/h2-6H,1H3,(H,23,24). The highest BCUT2D eigenvalue weighted by atomic mass is 35.5. The van der Waals surface area contributed by atoms with Crippen molar-refractivity contribution in [2.75, 3.05) is 5.32 Å². The molecule has 0 aliphatic carbocycles. The van der Waals surface area contributed by atoms with Gasteiger partial charge in [-0.3, -0.25) is 4.79 Å². The number of amides is 1. The number of rotatable bonds is 2. The molecule has 1 amide bonds. The first kappa shape index (κ1) is 17.6. The first-order valence-electron chi connectivity index (χ1n) is 6.90. The molecule has 2 aromatic carbocycles. The molecule has 3 aromatic rings. The Labute approximate surface area is 149 Å². The summed E-state index contributed by atoms with van der Waals surface area (Å²) in [6, 6.07) is 7.55. The molecule has 0 unspecified atom stereocenters. The van der Waals surface area contributed by atoms with E-state index in [0.717, 1.165) is 0 Å². The van der Waals surface area contributed by atoms with Crippen molar-refractivity contribution in [1.82, 2.24) is 4.98 Å². The fourth-order valence-electron chi connectivity index (χ4n) is 2.17. The number of nitrogens with one attached hydrogen (secondary N) is 1. The molecule has 0 aliphatic rings. The van der Waals surface area contributed by atoms with Gasteiger partial charge in [0.1, 0.15) is 5.52 Å². The zero-order chi connectivity index (χ0) is 18.4. The van der Waals surface area contributed by atoms with E-state index in [1.54, 1.807) is 25.1 Å². The molecule has 25 heavy (non-hydrogen) atoms. The second-order valence-corrected chi connectivity index (χ2v) is 6.08. The van der Waals surface area contributed by atoms with E-state index < -0.39 is 12.1 Å². The summed E-state index contributed by atoms with van der Waals surface area (Å²) in [6.45, 7) is 1.57. The van der Waals surface area contributed by atoms with E-state index >= 15 is 0 Å². The normalized spacial score (nSPS) is 11.8. The molecule has 0 bridgehead atoms. The van der Waals surface area contributed by atoms with Crippen LogP contribution in [0.15, 0.2) is 34.7 Å². The molecule has 9 heteroatoms. The van der Waals surface area contributed by atoms with Crippen LogP contribution in [0.1, 0.15) is 5.56 Å². The van der Waals surface area contributed by atoms with Crippen LogP contribution in [0.2, 0.25) is 10.0 Å². The van der Waals surface area contributed by atoms with Gasteiger partial charge in [0.05, 0.1) is 5.02 Å². The molecule has 0 fully saturated rings. The van der Waals surface area contributed by atoms with Crippen molar-refractivity contribution in [3.05, 3.63) is 45.9 Å². The van der Waals surface area contributed by atoms with Crippen molar-refractivity contribution in [2.24, 2.45) is 0 Å². The van der Waals surface area contributed by atoms with Gasteiger partial charge in [-0.2, -0.15) is 13.2 Å². The summed E-state index contributed by atoms with van der Waals surface area (Å²) in [5.41, 5.74) is 1.56. The number of carbonyl (C=O) groups excluding carboxylic acids is 1. The average molecular weight is 389 g/mol. The van der Waals surface area contributed by atoms with Crippen molar-refractivity contribution in [3.63, 3.8) is 0 Å². The predicted molar refractivity (Wildman–Crippen MR) is 88.9 cm³/mol.